The van der Waals surface area contributed by atoms with Crippen LogP contribution in [0.25, 0.3) is 0 Å². The first-order chi connectivity index (χ1) is 15.9. The van der Waals surface area contributed by atoms with Crippen LogP contribution in [0.5, 0.6) is 0 Å². The standard InChI is InChI=1S/C26H27Cl2FN4/c1-2-22-25(31-10-13-33(22)16-17-4-3-5-21(27)23(17)28)32-11-8-26(9-12-32)15-18-14-19(29)6-7-20(18)24(26)30/h2-7,10,13-14,24H,8-9,11-12,15-16,30H2,1H3/b22-2-. The number of rotatable bonds is 2. The fraction of sp³-hybridized carbons (Fsp3) is 0.346. The van der Waals surface area contributed by atoms with Crippen LogP contribution in [-0.4, -0.2) is 28.7 Å². The van der Waals surface area contributed by atoms with Gasteiger partial charge in [-0.2, -0.15) is 0 Å². The predicted octanol–water partition coefficient (Wildman–Crippen LogP) is 6.06. The lowest BCUT2D eigenvalue weighted by Crippen LogP contribution is -2.48. The third-order valence-electron chi connectivity index (χ3n) is 7.33. The van der Waals surface area contributed by atoms with E-state index in [4.69, 9.17) is 33.9 Å². The number of benzene rings is 2. The summed E-state index contributed by atoms with van der Waals surface area (Å²) in [6.07, 6.45) is 8.64. The van der Waals surface area contributed by atoms with Crippen molar-refractivity contribution in [2.75, 3.05) is 13.1 Å². The summed E-state index contributed by atoms with van der Waals surface area (Å²) in [7, 11) is 0. The Balaban J connectivity index is 1.31. The smallest absolute Gasteiger partial charge is 0.152 e. The molecule has 0 radical (unpaired) electrons. The van der Waals surface area contributed by atoms with E-state index in [9.17, 15) is 4.39 Å². The van der Waals surface area contributed by atoms with Gasteiger partial charge < -0.3 is 15.5 Å². The zero-order valence-corrected chi connectivity index (χ0v) is 20.1. The van der Waals surface area contributed by atoms with Gasteiger partial charge in [-0.05, 0) is 66.5 Å². The molecule has 4 nitrogen and oxygen atoms in total. The van der Waals surface area contributed by atoms with E-state index >= 15 is 0 Å². The number of halogens is 3. The molecule has 2 aromatic rings. The Labute approximate surface area is 204 Å². The number of hydrogen-bond donors (Lipinski definition) is 1. The van der Waals surface area contributed by atoms with Crippen LogP contribution in [0.3, 0.4) is 0 Å². The van der Waals surface area contributed by atoms with Crippen LogP contribution < -0.4 is 5.73 Å². The molecule has 1 saturated heterocycles. The van der Waals surface area contributed by atoms with E-state index in [1.807, 2.05) is 37.5 Å². The third kappa shape index (κ3) is 3.96. The second-order valence-electron chi connectivity index (χ2n) is 9.11. The molecule has 0 amide bonds. The van der Waals surface area contributed by atoms with Crippen molar-refractivity contribution in [3.63, 3.8) is 0 Å². The summed E-state index contributed by atoms with van der Waals surface area (Å²) in [6, 6.07) is 10.7. The van der Waals surface area contributed by atoms with Gasteiger partial charge in [0.25, 0.3) is 0 Å². The molecule has 7 heteroatoms. The normalized spacial score (nSPS) is 22.8. The van der Waals surface area contributed by atoms with Gasteiger partial charge in [0.2, 0.25) is 0 Å². The topological polar surface area (TPSA) is 44.9 Å². The lowest BCUT2D eigenvalue weighted by atomic mass is 9.73. The van der Waals surface area contributed by atoms with Gasteiger partial charge in [0.05, 0.1) is 15.7 Å². The zero-order chi connectivity index (χ0) is 23.2. The lowest BCUT2D eigenvalue weighted by Gasteiger charge is -2.44. The van der Waals surface area contributed by atoms with Crippen LogP contribution >= 0.6 is 23.2 Å². The van der Waals surface area contributed by atoms with E-state index in [0.29, 0.717) is 16.6 Å². The van der Waals surface area contributed by atoms with Crippen molar-refractivity contribution >= 4 is 29.0 Å². The van der Waals surface area contributed by atoms with Crippen molar-refractivity contribution in [1.82, 2.24) is 9.80 Å². The molecule has 2 aliphatic heterocycles. The number of likely N-dealkylation sites (tertiary alicyclic amines) is 1. The number of nitrogens with zero attached hydrogens (tertiary/aromatic N) is 3. The van der Waals surface area contributed by atoms with Gasteiger partial charge in [0, 0.05) is 38.1 Å². The molecule has 0 aromatic heterocycles. The number of nitrogens with two attached hydrogens (primary N) is 1. The first-order valence-corrected chi connectivity index (χ1v) is 12.1. The summed E-state index contributed by atoms with van der Waals surface area (Å²) in [4.78, 5) is 9.23. The van der Waals surface area contributed by atoms with Crippen molar-refractivity contribution in [3.05, 3.63) is 93.1 Å². The molecule has 3 aliphatic rings. The highest BCUT2D eigenvalue weighted by Gasteiger charge is 2.46. The molecular weight excluding hydrogens is 458 g/mol. The van der Waals surface area contributed by atoms with Crippen LogP contribution in [0, 0.1) is 11.2 Å². The summed E-state index contributed by atoms with van der Waals surface area (Å²) in [5.41, 5.74) is 10.9. The Morgan fingerprint density at radius 3 is 2.76 bits per heavy atom. The van der Waals surface area contributed by atoms with E-state index in [0.717, 1.165) is 60.6 Å². The Kier molecular flexibility index (Phi) is 5.98. The minimum Gasteiger partial charge on any atom is -0.355 e. The molecule has 2 aromatic carbocycles. The molecule has 5 rings (SSSR count). The average Bonchev–Trinajstić information content (AvgIpc) is 3.07. The SMILES string of the molecule is C/C=C1/C(N2CCC3(CC2)Cc2cc(F)ccc2C3N)=NC=CN1Cc1cccc(Cl)c1Cl. The van der Waals surface area contributed by atoms with Gasteiger partial charge in [-0.3, -0.25) is 0 Å². The highest BCUT2D eigenvalue weighted by atomic mass is 35.5. The number of allylic oxidation sites excluding steroid dienone is 1. The second kappa shape index (κ2) is 8.79. The van der Waals surface area contributed by atoms with Gasteiger partial charge in [0.15, 0.2) is 5.84 Å². The lowest BCUT2D eigenvalue weighted by molar-refractivity contribution is 0.127. The first-order valence-electron chi connectivity index (χ1n) is 11.3. The predicted molar refractivity (Wildman–Crippen MR) is 133 cm³/mol. The molecule has 2 N–H and O–H groups in total. The van der Waals surface area contributed by atoms with E-state index in [-0.39, 0.29) is 17.3 Å². The number of aliphatic imine (C=N–C) groups is 1. The highest BCUT2D eigenvalue weighted by Crippen LogP contribution is 2.51. The van der Waals surface area contributed by atoms with Gasteiger partial charge >= 0.3 is 0 Å². The zero-order valence-electron chi connectivity index (χ0n) is 18.6. The number of hydrogen-bond acceptors (Lipinski definition) is 4. The summed E-state index contributed by atoms with van der Waals surface area (Å²) >= 11 is 12.7. The second-order valence-corrected chi connectivity index (χ2v) is 9.90. The molecule has 172 valence electrons. The third-order valence-corrected chi connectivity index (χ3v) is 8.19. The number of amidine groups is 1. The Morgan fingerprint density at radius 1 is 1.21 bits per heavy atom. The van der Waals surface area contributed by atoms with E-state index in [1.54, 1.807) is 12.1 Å². The maximum absolute atomic E-state index is 13.8. The Hall–Kier alpha value is -2.34. The first kappa shape index (κ1) is 22.5. The van der Waals surface area contributed by atoms with Crippen molar-refractivity contribution in [2.45, 2.75) is 38.8 Å². The molecule has 1 atom stereocenters. The van der Waals surface area contributed by atoms with Crippen LogP contribution in [0.4, 0.5) is 4.39 Å². The Morgan fingerprint density at radius 2 is 2.00 bits per heavy atom. The Bertz CT molecular complexity index is 1160. The molecule has 0 saturated carbocycles. The molecule has 1 aliphatic carbocycles. The molecule has 1 spiro atoms. The van der Waals surface area contributed by atoms with Crippen LogP contribution in [0.15, 0.2) is 65.6 Å². The fourth-order valence-electron chi connectivity index (χ4n) is 5.49. The minimum absolute atomic E-state index is 0.0121. The summed E-state index contributed by atoms with van der Waals surface area (Å²) < 4.78 is 13.8. The van der Waals surface area contributed by atoms with E-state index < -0.39 is 0 Å². The molecule has 1 fully saturated rings. The van der Waals surface area contributed by atoms with Crippen molar-refractivity contribution in [1.29, 1.82) is 0 Å². The van der Waals surface area contributed by atoms with E-state index in [2.05, 4.69) is 15.9 Å². The molecule has 2 heterocycles. The van der Waals surface area contributed by atoms with Gasteiger partial charge in [0.1, 0.15) is 5.82 Å². The maximum atomic E-state index is 13.8. The van der Waals surface area contributed by atoms with Crippen molar-refractivity contribution in [3.8, 4) is 0 Å². The monoisotopic (exact) mass is 484 g/mol. The van der Waals surface area contributed by atoms with Crippen LogP contribution in [0.2, 0.25) is 10.0 Å². The summed E-state index contributed by atoms with van der Waals surface area (Å²) in [5, 5.41) is 1.14. The fourth-order valence-corrected chi connectivity index (χ4v) is 5.87. The molecule has 1 unspecified atom stereocenters. The van der Waals surface area contributed by atoms with Crippen molar-refractivity contribution < 1.29 is 4.39 Å². The summed E-state index contributed by atoms with van der Waals surface area (Å²) in [5.74, 6) is 0.777. The van der Waals surface area contributed by atoms with Crippen LogP contribution in [0.1, 0.15) is 42.5 Å². The minimum atomic E-state index is -0.184. The van der Waals surface area contributed by atoms with Crippen LogP contribution in [-0.2, 0) is 13.0 Å². The number of piperidine rings is 1. The van der Waals surface area contributed by atoms with Gasteiger partial charge in [-0.25, -0.2) is 9.38 Å². The number of fused-ring (bicyclic) bond motifs is 1. The van der Waals surface area contributed by atoms with Gasteiger partial charge in [-0.15, -0.1) is 0 Å². The maximum Gasteiger partial charge on any atom is 0.152 e. The highest BCUT2D eigenvalue weighted by molar-refractivity contribution is 6.42. The largest absolute Gasteiger partial charge is 0.355 e. The molecular formula is C26H27Cl2FN4. The average molecular weight is 485 g/mol. The molecule has 33 heavy (non-hydrogen) atoms. The van der Waals surface area contributed by atoms with Crippen molar-refractivity contribution in [2.24, 2.45) is 16.1 Å². The summed E-state index contributed by atoms with van der Waals surface area (Å²) in [6.45, 7) is 4.36. The quantitative estimate of drug-likeness (QED) is 0.563. The molecule has 0 bridgehead atoms. The van der Waals surface area contributed by atoms with Gasteiger partial charge in [-0.1, -0.05) is 47.5 Å². The van der Waals surface area contributed by atoms with E-state index in [1.165, 1.54) is 6.07 Å².